The monoisotopic (exact) mass is 1020 g/mol. The van der Waals surface area contributed by atoms with Crippen LogP contribution in [0.25, 0.3) is 0 Å². The predicted molar refractivity (Wildman–Crippen MR) is 274 cm³/mol. The van der Waals surface area contributed by atoms with Crippen molar-refractivity contribution in [1.82, 2.24) is 4.90 Å². The second-order valence-corrected chi connectivity index (χ2v) is 22.3. The van der Waals surface area contributed by atoms with E-state index in [1.54, 1.807) is 41.1 Å². The van der Waals surface area contributed by atoms with Gasteiger partial charge in [-0.25, -0.2) is 4.79 Å². The molecule has 408 valence electrons. The number of hydrogen-bond donors (Lipinski definition) is 3. The van der Waals surface area contributed by atoms with Gasteiger partial charge in [0.15, 0.2) is 5.78 Å². The summed E-state index contributed by atoms with van der Waals surface area (Å²) in [6, 6.07) is 8.56. The van der Waals surface area contributed by atoms with Crippen molar-refractivity contribution in [3.8, 4) is 0 Å². The predicted octanol–water partition coefficient (Wildman–Crippen LogP) is 7.04. The Morgan fingerprint density at radius 2 is 1.53 bits per heavy atom. The molecule has 1 aliphatic carbocycles. The molecule has 16 nitrogen and oxygen atoms in total. The molecule has 5 aliphatic heterocycles. The number of anilines is 1. The summed E-state index contributed by atoms with van der Waals surface area (Å²) in [6.07, 6.45) is 4.36. The first-order valence-electron chi connectivity index (χ1n) is 27.1. The lowest BCUT2D eigenvalue weighted by Gasteiger charge is -2.43. The van der Waals surface area contributed by atoms with Crippen molar-refractivity contribution in [1.29, 1.82) is 0 Å². The molecule has 5 heterocycles. The normalized spacial score (nSPS) is 39.5. The van der Waals surface area contributed by atoms with Crippen LogP contribution in [0.1, 0.15) is 138 Å². The molecule has 0 spiro atoms. The van der Waals surface area contributed by atoms with E-state index in [0.29, 0.717) is 69.8 Å². The molecule has 4 bridgehead atoms. The zero-order valence-corrected chi connectivity index (χ0v) is 45.1. The number of nitrogens with zero attached hydrogens (tertiary/aromatic N) is 2. The standard InChI is InChI=1S/C57H86N2O14/c1-33-26-37(5)51(62)53(70-10)52(63)38(6)27-34(2)47(61)32-49(35(3)28-40-20-24-46(60)50(30-40)69-9)71-56(66)45-18-14-15-25-58(45)55(65)54(64)57(67)39(7)19-21-42(72-57)31-48(68-8)36(4)29-43-22-23-44(33)59(73-43)41-16-12-11-13-17-41/h11-13,16-17,27,29,33-35,37,39-40,42-46,48-50,52-53,60,63,67H,14-15,18-26,28,30-32H2,1-10H3/b36-29+,38-27+/t33-,34+,35+,37+,39?,40+,42-,43+,44-,45-,46-,48-,49-,50-,52+,53-,57+/m0/s1. The Bertz CT molecular complexity index is 2100. The Kier molecular flexibility index (Phi) is 21.0. The zero-order valence-electron chi connectivity index (χ0n) is 45.1. The number of methoxy groups -OCH3 is 3. The van der Waals surface area contributed by atoms with Crippen molar-refractivity contribution in [2.45, 2.75) is 205 Å². The number of carbonyl (C=O) groups excluding carboxylic acids is 5. The van der Waals surface area contributed by atoms with Crippen LogP contribution in [0.2, 0.25) is 0 Å². The van der Waals surface area contributed by atoms with Crippen LogP contribution >= 0.6 is 0 Å². The van der Waals surface area contributed by atoms with Crippen LogP contribution in [0.15, 0.2) is 53.6 Å². The van der Waals surface area contributed by atoms with E-state index in [0.717, 1.165) is 17.7 Å². The molecule has 4 fully saturated rings. The number of ether oxygens (including phenoxy) is 5. The van der Waals surface area contributed by atoms with Crippen molar-refractivity contribution in [3.05, 3.63) is 53.6 Å². The largest absolute Gasteiger partial charge is 0.460 e. The lowest BCUT2D eigenvalue weighted by atomic mass is 9.78. The maximum absolute atomic E-state index is 14.5. The van der Waals surface area contributed by atoms with Gasteiger partial charge in [-0.15, -0.1) is 0 Å². The Hall–Kier alpha value is -3.87. The number of esters is 1. The Labute approximate surface area is 433 Å². The highest BCUT2D eigenvalue weighted by atomic mass is 16.7. The van der Waals surface area contributed by atoms with Crippen LogP contribution in [0.5, 0.6) is 0 Å². The van der Waals surface area contributed by atoms with Gasteiger partial charge in [0.1, 0.15) is 36.2 Å². The molecular formula is C57H86N2O14. The minimum atomic E-state index is -2.46. The van der Waals surface area contributed by atoms with E-state index >= 15 is 0 Å². The smallest absolute Gasteiger partial charge is 0.329 e. The van der Waals surface area contributed by atoms with E-state index < -0.39 is 83.9 Å². The molecule has 1 aromatic carbocycles. The average Bonchev–Trinajstić information content (AvgIpc) is 3.38. The highest BCUT2D eigenvalue weighted by Gasteiger charge is 2.53. The summed E-state index contributed by atoms with van der Waals surface area (Å²) in [7, 11) is 4.56. The maximum atomic E-state index is 14.5. The van der Waals surface area contributed by atoms with E-state index in [-0.39, 0.29) is 73.4 Å². The number of fused-ring (bicyclic) bond motifs is 17. The van der Waals surface area contributed by atoms with E-state index in [2.05, 4.69) is 6.92 Å². The highest BCUT2D eigenvalue weighted by Crippen LogP contribution is 2.39. The van der Waals surface area contributed by atoms with Gasteiger partial charge in [-0.2, -0.15) is 0 Å². The van der Waals surface area contributed by atoms with Gasteiger partial charge in [-0.1, -0.05) is 65.0 Å². The van der Waals surface area contributed by atoms with Crippen molar-refractivity contribution in [2.75, 3.05) is 32.9 Å². The lowest BCUT2D eigenvalue weighted by molar-refractivity contribution is -0.265. The molecule has 7 rings (SSSR count). The van der Waals surface area contributed by atoms with Gasteiger partial charge in [-0.05, 0) is 132 Å². The summed E-state index contributed by atoms with van der Waals surface area (Å²) >= 11 is 0. The lowest BCUT2D eigenvalue weighted by Crippen LogP contribution is -2.61. The summed E-state index contributed by atoms with van der Waals surface area (Å²) in [5, 5.41) is 36.3. The number of para-hydroxylation sites is 1. The number of aliphatic hydroxyl groups excluding tert-OH is 2. The molecule has 1 unspecified atom stereocenters. The number of aliphatic hydroxyl groups is 3. The number of allylic oxidation sites excluding steroid dienone is 1. The first-order chi connectivity index (χ1) is 34.7. The average molecular weight is 1020 g/mol. The molecule has 3 saturated heterocycles. The number of hydroxylamine groups is 1. The summed E-state index contributed by atoms with van der Waals surface area (Å²) in [5.41, 5.74) is 2.11. The van der Waals surface area contributed by atoms with Gasteiger partial charge >= 0.3 is 5.97 Å². The quantitative estimate of drug-likeness (QED) is 0.142. The Morgan fingerprint density at radius 3 is 2.22 bits per heavy atom. The topological polar surface area (TPSA) is 208 Å². The van der Waals surface area contributed by atoms with Gasteiger partial charge in [0.25, 0.3) is 11.7 Å². The molecule has 1 aromatic rings. The number of ketones is 3. The van der Waals surface area contributed by atoms with Crippen molar-refractivity contribution < 1.29 is 67.8 Å². The third-order valence-corrected chi connectivity index (χ3v) is 16.9. The van der Waals surface area contributed by atoms with Gasteiger partial charge in [0.2, 0.25) is 5.79 Å². The van der Waals surface area contributed by atoms with Crippen molar-refractivity contribution in [3.63, 3.8) is 0 Å². The number of rotatable bonds is 7. The molecule has 3 N–H and O–H groups in total. The summed E-state index contributed by atoms with van der Waals surface area (Å²) in [4.78, 5) is 79.9. The second-order valence-electron chi connectivity index (χ2n) is 22.3. The van der Waals surface area contributed by atoms with Crippen LogP contribution in [0.4, 0.5) is 5.69 Å². The van der Waals surface area contributed by atoms with E-state index in [1.165, 1.54) is 12.0 Å². The molecule has 0 radical (unpaired) electrons. The number of carbonyl (C=O) groups is 5. The van der Waals surface area contributed by atoms with Gasteiger partial charge in [-0.3, -0.25) is 29.1 Å². The summed E-state index contributed by atoms with van der Waals surface area (Å²) in [6.45, 7) is 12.9. The van der Waals surface area contributed by atoms with E-state index in [9.17, 15) is 39.3 Å². The second kappa shape index (κ2) is 26.3. The fourth-order valence-corrected chi connectivity index (χ4v) is 12.1. The molecule has 1 saturated carbocycles. The van der Waals surface area contributed by atoms with Crippen LogP contribution in [0, 0.1) is 35.5 Å². The first kappa shape index (κ1) is 58.4. The number of benzene rings is 1. The first-order valence-corrected chi connectivity index (χ1v) is 27.1. The number of Topliss-reactive ketones (excluding diaryl/α,β-unsaturated/α-hetero) is 3. The molecule has 73 heavy (non-hydrogen) atoms. The number of hydrogen-bond acceptors (Lipinski definition) is 15. The fourth-order valence-electron chi connectivity index (χ4n) is 12.1. The van der Waals surface area contributed by atoms with Crippen LogP contribution < -0.4 is 5.06 Å². The van der Waals surface area contributed by atoms with Gasteiger partial charge in [0, 0.05) is 58.5 Å². The van der Waals surface area contributed by atoms with Gasteiger partial charge < -0.3 is 43.9 Å². The van der Waals surface area contributed by atoms with Gasteiger partial charge in [0.05, 0.1) is 36.1 Å². The SMILES string of the molecule is CO[C@H]1C[C@@H]2CCC(C)[C@@](O)(O2)C(=O)C(=O)N2CCCC[C@H]2C(=O)O[C@H]([C@H](C)C[C@H]2CC[C@H](O)[C@@H](OC)C2)CC(=O)[C@H](C)/C=C(\C)[C@@H](O)[C@@H](OC)C(=O)[C@H](C)C[C@H](C)[C@@H]2CC[C@H](/C=C/1C)ON2c1ccccc1. The molecule has 16 heteroatoms. The third-order valence-electron chi connectivity index (χ3n) is 16.9. The van der Waals surface area contributed by atoms with E-state index in [1.807, 2.05) is 62.2 Å². The van der Waals surface area contributed by atoms with Crippen LogP contribution in [-0.2, 0) is 52.5 Å². The Balaban J connectivity index is 1.34. The van der Waals surface area contributed by atoms with Crippen LogP contribution in [0.3, 0.4) is 0 Å². The van der Waals surface area contributed by atoms with Crippen molar-refractivity contribution >= 4 is 34.9 Å². The Morgan fingerprint density at radius 1 is 0.808 bits per heavy atom. The third kappa shape index (κ3) is 14.1. The molecule has 1 amide bonds. The summed E-state index contributed by atoms with van der Waals surface area (Å²) < 4.78 is 29.9. The van der Waals surface area contributed by atoms with Crippen LogP contribution in [-0.4, -0.2) is 144 Å². The molecular weight excluding hydrogens is 937 g/mol. The minimum absolute atomic E-state index is 0.0349. The number of amides is 1. The fraction of sp³-hybridized carbons (Fsp3) is 0.737. The highest BCUT2D eigenvalue weighted by molar-refractivity contribution is 6.39. The van der Waals surface area contributed by atoms with Crippen molar-refractivity contribution in [2.24, 2.45) is 35.5 Å². The molecule has 17 atom stereocenters. The maximum Gasteiger partial charge on any atom is 0.329 e. The molecule has 6 aliphatic rings. The van der Waals surface area contributed by atoms with E-state index in [4.69, 9.17) is 28.5 Å². The summed E-state index contributed by atoms with van der Waals surface area (Å²) in [5.74, 6) is -8.21. The number of piperidine rings is 1. The minimum Gasteiger partial charge on any atom is -0.460 e. The molecule has 0 aromatic heterocycles. The zero-order chi connectivity index (χ0) is 53.3.